The Kier molecular flexibility index (Phi) is 4.16. The quantitative estimate of drug-likeness (QED) is 0.807. The number of phenolic OH excluding ortho intramolecular Hbond substituents is 1. The van der Waals surface area contributed by atoms with Crippen molar-refractivity contribution in [3.8, 4) is 5.75 Å². The monoisotopic (exact) mass is 313 g/mol. The fourth-order valence-electron chi connectivity index (χ4n) is 1.58. The Labute approximate surface area is 124 Å². The smallest absolute Gasteiger partial charge is 0.255 e. The van der Waals surface area contributed by atoms with E-state index in [2.05, 4.69) is 5.32 Å². The molecule has 2 aromatic rings. The number of rotatable bonds is 2. The van der Waals surface area contributed by atoms with Crippen LogP contribution < -0.4 is 5.32 Å². The molecule has 0 unspecified atom stereocenters. The second kappa shape index (κ2) is 5.69. The van der Waals surface area contributed by atoms with Gasteiger partial charge in [-0.3, -0.25) is 4.79 Å². The van der Waals surface area contributed by atoms with Gasteiger partial charge in [-0.15, -0.1) is 0 Å². The van der Waals surface area contributed by atoms with Crippen molar-refractivity contribution in [3.05, 3.63) is 57.3 Å². The zero-order valence-electron chi connectivity index (χ0n) is 10.4. The third-order valence-corrected chi connectivity index (χ3v) is 3.29. The second-order valence-corrected chi connectivity index (χ2v) is 5.02. The van der Waals surface area contributed by atoms with Gasteiger partial charge in [0.25, 0.3) is 5.91 Å². The highest BCUT2D eigenvalue weighted by atomic mass is 35.5. The van der Waals surface area contributed by atoms with Crippen LogP contribution in [0.15, 0.2) is 30.3 Å². The summed E-state index contributed by atoms with van der Waals surface area (Å²) in [6.07, 6.45) is 0. The average Bonchev–Trinajstić information content (AvgIpc) is 2.39. The van der Waals surface area contributed by atoms with Crippen LogP contribution in [0.4, 0.5) is 10.1 Å². The molecule has 0 radical (unpaired) electrons. The highest BCUT2D eigenvalue weighted by Gasteiger charge is 2.11. The predicted octanol–water partition coefficient (Wildman–Crippen LogP) is 4.40. The summed E-state index contributed by atoms with van der Waals surface area (Å²) in [7, 11) is 0. The molecule has 0 atom stereocenters. The first kappa shape index (κ1) is 14.6. The molecule has 20 heavy (non-hydrogen) atoms. The predicted molar refractivity (Wildman–Crippen MR) is 77.2 cm³/mol. The summed E-state index contributed by atoms with van der Waals surface area (Å²) in [6.45, 7) is 1.61. The Bertz CT molecular complexity index is 666. The van der Waals surface area contributed by atoms with Gasteiger partial charge in [0.15, 0.2) is 5.75 Å². The summed E-state index contributed by atoms with van der Waals surface area (Å²) < 4.78 is 13.4. The van der Waals surface area contributed by atoms with E-state index in [1.54, 1.807) is 6.92 Å². The second-order valence-electron chi connectivity index (χ2n) is 4.21. The fraction of sp³-hybridized carbons (Fsp3) is 0.0714. The molecule has 0 saturated carbocycles. The van der Waals surface area contributed by atoms with Crippen molar-refractivity contribution < 1.29 is 14.3 Å². The number of aromatic hydroxyl groups is 1. The van der Waals surface area contributed by atoms with Crippen molar-refractivity contribution in [1.29, 1.82) is 0 Å². The minimum atomic E-state index is -0.498. The van der Waals surface area contributed by atoms with Gasteiger partial charge < -0.3 is 10.4 Å². The van der Waals surface area contributed by atoms with Gasteiger partial charge in [-0.2, -0.15) is 0 Å². The lowest BCUT2D eigenvalue weighted by Crippen LogP contribution is -2.12. The highest BCUT2D eigenvalue weighted by Crippen LogP contribution is 2.34. The lowest BCUT2D eigenvalue weighted by Gasteiger charge is -2.08. The summed E-state index contributed by atoms with van der Waals surface area (Å²) >= 11 is 11.5. The van der Waals surface area contributed by atoms with E-state index in [4.69, 9.17) is 23.2 Å². The van der Waals surface area contributed by atoms with Crippen molar-refractivity contribution in [1.82, 2.24) is 0 Å². The molecule has 2 rings (SSSR count). The number of benzene rings is 2. The number of carbonyl (C=O) groups is 1. The minimum absolute atomic E-state index is 0.0166. The van der Waals surface area contributed by atoms with E-state index in [1.165, 1.54) is 24.3 Å². The van der Waals surface area contributed by atoms with Crippen LogP contribution in [0.5, 0.6) is 5.75 Å². The molecule has 0 aliphatic rings. The summed E-state index contributed by atoms with van der Waals surface area (Å²) in [5, 5.41) is 12.0. The fourth-order valence-corrected chi connectivity index (χ4v) is 2.06. The van der Waals surface area contributed by atoms with Gasteiger partial charge in [-0.25, -0.2) is 4.39 Å². The maximum atomic E-state index is 13.4. The zero-order chi connectivity index (χ0) is 14.9. The normalized spacial score (nSPS) is 10.4. The van der Waals surface area contributed by atoms with E-state index in [0.29, 0.717) is 11.3 Å². The van der Waals surface area contributed by atoms with E-state index in [1.807, 2.05) is 0 Å². The van der Waals surface area contributed by atoms with Gasteiger partial charge in [0.1, 0.15) is 5.82 Å². The van der Waals surface area contributed by atoms with Gasteiger partial charge in [0.2, 0.25) is 0 Å². The Morgan fingerprint density at radius 2 is 1.80 bits per heavy atom. The van der Waals surface area contributed by atoms with Crippen molar-refractivity contribution >= 4 is 34.8 Å². The van der Waals surface area contributed by atoms with Crippen molar-refractivity contribution in [2.45, 2.75) is 6.92 Å². The number of hydrogen-bond acceptors (Lipinski definition) is 2. The standard InChI is InChI=1S/C14H10Cl2FNO2/c1-7-2-3-8(4-12(7)17)14(20)18-9-5-10(15)13(19)11(16)6-9/h2-6,19H,1H3,(H,18,20). The summed E-state index contributed by atoms with van der Waals surface area (Å²) in [4.78, 5) is 12.0. The maximum Gasteiger partial charge on any atom is 0.255 e. The van der Waals surface area contributed by atoms with Crippen LogP contribution in [0.25, 0.3) is 0 Å². The molecule has 104 valence electrons. The molecule has 0 fully saturated rings. The number of amides is 1. The van der Waals surface area contributed by atoms with Gasteiger partial charge in [-0.05, 0) is 36.8 Å². The summed E-state index contributed by atoms with van der Waals surface area (Å²) in [5.74, 6) is -1.21. The van der Waals surface area contributed by atoms with Crippen LogP contribution in [0.1, 0.15) is 15.9 Å². The Morgan fingerprint density at radius 1 is 1.20 bits per heavy atom. The molecule has 0 bridgehead atoms. The van der Waals surface area contributed by atoms with Crippen LogP contribution >= 0.6 is 23.2 Å². The van der Waals surface area contributed by atoms with Crippen molar-refractivity contribution in [2.24, 2.45) is 0 Å². The van der Waals surface area contributed by atoms with Crippen LogP contribution in [0.2, 0.25) is 10.0 Å². The number of carbonyl (C=O) groups excluding carboxylic acids is 1. The average molecular weight is 314 g/mol. The molecule has 0 aliphatic carbocycles. The Morgan fingerprint density at radius 3 is 2.35 bits per heavy atom. The third kappa shape index (κ3) is 3.03. The third-order valence-electron chi connectivity index (χ3n) is 2.71. The van der Waals surface area contributed by atoms with Crippen LogP contribution in [0, 0.1) is 12.7 Å². The molecule has 6 heteroatoms. The first-order chi connectivity index (χ1) is 9.38. The number of phenols is 1. The molecule has 3 nitrogen and oxygen atoms in total. The number of aryl methyl sites for hydroxylation is 1. The topological polar surface area (TPSA) is 49.3 Å². The van der Waals surface area contributed by atoms with E-state index in [-0.39, 0.29) is 21.4 Å². The van der Waals surface area contributed by atoms with Gasteiger partial charge >= 0.3 is 0 Å². The molecule has 2 N–H and O–H groups in total. The molecule has 0 aliphatic heterocycles. The molecule has 0 saturated heterocycles. The van der Waals surface area contributed by atoms with Crippen molar-refractivity contribution in [3.63, 3.8) is 0 Å². The lowest BCUT2D eigenvalue weighted by atomic mass is 10.1. The molecular weight excluding hydrogens is 304 g/mol. The van der Waals surface area contributed by atoms with Gasteiger partial charge in [0, 0.05) is 11.3 Å². The molecule has 0 heterocycles. The number of halogens is 3. The SMILES string of the molecule is Cc1ccc(C(=O)Nc2cc(Cl)c(O)c(Cl)c2)cc1F. The Balaban J connectivity index is 2.25. The van der Waals surface area contributed by atoms with Gasteiger partial charge in [0.05, 0.1) is 10.0 Å². The van der Waals surface area contributed by atoms with E-state index in [9.17, 15) is 14.3 Å². The number of anilines is 1. The minimum Gasteiger partial charge on any atom is -0.505 e. The molecular formula is C14H10Cl2FNO2. The first-order valence-electron chi connectivity index (χ1n) is 5.64. The molecule has 1 amide bonds. The van der Waals surface area contributed by atoms with Crippen LogP contribution in [0.3, 0.4) is 0 Å². The van der Waals surface area contributed by atoms with E-state index in [0.717, 1.165) is 6.07 Å². The van der Waals surface area contributed by atoms with Crippen LogP contribution in [-0.2, 0) is 0 Å². The number of nitrogens with one attached hydrogen (secondary N) is 1. The molecule has 2 aromatic carbocycles. The van der Waals surface area contributed by atoms with E-state index < -0.39 is 11.7 Å². The number of hydrogen-bond donors (Lipinski definition) is 2. The lowest BCUT2D eigenvalue weighted by molar-refractivity contribution is 0.102. The Hall–Kier alpha value is -1.78. The first-order valence-corrected chi connectivity index (χ1v) is 6.39. The van der Waals surface area contributed by atoms with E-state index >= 15 is 0 Å². The molecule has 0 spiro atoms. The van der Waals surface area contributed by atoms with Crippen molar-refractivity contribution in [2.75, 3.05) is 5.32 Å². The summed E-state index contributed by atoms with van der Waals surface area (Å²) in [5.41, 5.74) is 0.939. The molecule has 0 aromatic heterocycles. The zero-order valence-corrected chi connectivity index (χ0v) is 11.9. The highest BCUT2D eigenvalue weighted by molar-refractivity contribution is 6.37. The maximum absolute atomic E-state index is 13.4. The summed E-state index contributed by atoms with van der Waals surface area (Å²) in [6, 6.07) is 6.88. The van der Waals surface area contributed by atoms with Gasteiger partial charge in [-0.1, -0.05) is 29.3 Å². The largest absolute Gasteiger partial charge is 0.505 e. The van der Waals surface area contributed by atoms with Crippen LogP contribution in [-0.4, -0.2) is 11.0 Å².